The summed E-state index contributed by atoms with van der Waals surface area (Å²) in [7, 11) is 1.84. The lowest BCUT2D eigenvalue weighted by molar-refractivity contribution is -0.129. The van der Waals surface area contributed by atoms with Gasteiger partial charge in [-0.3, -0.25) is 4.79 Å². The standard InChI is InChI=1S/C18H22N2O/c1-20(15-17-10-6-3-7-11-17)18(21)14-19-13-12-16-8-4-2-5-9-16/h2-11,19H,12-15H2,1H3. The Morgan fingerprint density at radius 1 is 0.952 bits per heavy atom. The maximum Gasteiger partial charge on any atom is 0.236 e. The highest BCUT2D eigenvalue weighted by Gasteiger charge is 2.08. The minimum atomic E-state index is 0.118. The molecule has 1 amide bonds. The van der Waals surface area contributed by atoms with Crippen molar-refractivity contribution in [2.45, 2.75) is 13.0 Å². The molecule has 0 radical (unpaired) electrons. The summed E-state index contributed by atoms with van der Waals surface area (Å²) >= 11 is 0. The summed E-state index contributed by atoms with van der Waals surface area (Å²) in [4.78, 5) is 13.8. The molecule has 0 heterocycles. The first-order valence-corrected chi connectivity index (χ1v) is 7.28. The van der Waals surface area contributed by atoms with Crippen molar-refractivity contribution >= 4 is 5.91 Å². The van der Waals surface area contributed by atoms with E-state index in [1.807, 2.05) is 55.6 Å². The fourth-order valence-electron chi connectivity index (χ4n) is 2.15. The first kappa shape index (κ1) is 15.3. The van der Waals surface area contributed by atoms with Crippen LogP contribution in [0.15, 0.2) is 60.7 Å². The van der Waals surface area contributed by atoms with Gasteiger partial charge in [-0.1, -0.05) is 60.7 Å². The van der Waals surface area contributed by atoms with Gasteiger partial charge < -0.3 is 10.2 Å². The Morgan fingerprint density at radius 3 is 2.14 bits per heavy atom. The van der Waals surface area contributed by atoms with E-state index in [0.29, 0.717) is 13.1 Å². The topological polar surface area (TPSA) is 32.3 Å². The summed E-state index contributed by atoms with van der Waals surface area (Å²) in [5.74, 6) is 0.118. The number of amides is 1. The number of likely N-dealkylation sites (N-methyl/N-ethyl adjacent to an activating group) is 1. The van der Waals surface area contributed by atoms with Crippen molar-refractivity contribution in [2.24, 2.45) is 0 Å². The van der Waals surface area contributed by atoms with Gasteiger partial charge in [-0.25, -0.2) is 0 Å². The molecule has 2 rings (SSSR count). The Kier molecular flexibility index (Phi) is 5.98. The van der Waals surface area contributed by atoms with Crippen molar-refractivity contribution in [2.75, 3.05) is 20.1 Å². The van der Waals surface area contributed by atoms with Gasteiger partial charge in [0.1, 0.15) is 0 Å². The van der Waals surface area contributed by atoms with Crippen LogP contribution in [0, 0.1) is 0 Å². The van der Waals surface area contributed by atoms with Crippen molar-refractivity contribution in [1.82, 2.24) is 10.2 Å². The highest BCUT2D eigenvalue weighted by molar-refractivity contribution is 5.77. The van der Waals surface area contributed by atoms with Gasteiger partial charge in [0.05, 0.1) is 6.54 Å². The molecule has 0 aliphatic heterocycles. The van der Waals surface area contributed by atoms with Crippen LogP contribution in [0.3, 0.4) is 0 Å². The number of hydrogen-bond donors (Lipinski definition) is 1. The molecule has 1 N–H and O–H groups in total. The molecular formula is C18H22N2O. The Balaban J connectivity index is 1.67. The lowest BCUT2D eigenvalue weighted by atomic mass is 10.1. The van der Waals surface area contributed by atoms with Crippen LogP contribution < -0.4 is 5.32 Å². The number of nitrogens with one attached hydrogen (secondary N) is 1. The minimum absolute atomic E-state index is 0.118. The van der Waals surface area contributed by atoms with Gasteiger partial charge in [-0.15, -0.1) is 0 Å². The van der Waals surface area contributed by atoms with E-state index in [4.69, 9.17) is 0 Å². The molecule has 0 aromatic heterocycles. The van der Waals surface area contributed by atoms with E-state index in [2.05, 4.69) is 17.4 Å². The van der Waals surface area contributed by atoms with Gasteiger partial charge in [-0.05, 0) is 24.1 Å². The number of hydrogen-bond acceptors (Lipinski definition) is 2. The normalized spacial score (nSPS) is 10.3. The van der Waals surface area contributed by atoms with E-state index in [9.17, 15) is 4.79 Å². The average molecular weight is 282 g/mol. The van der Waals surface area contributed by atoms with Crippen LogP contribution in [-0.4, -0.2) is 30.9 Å². The number of benzene rings is 2. The lowest BCUT2D eigenvalue weighted by Crippen LogP contribution is -2.35. The second-order valence-corrected chi connectivity index (χ2v) is 5.15. The molecule has 0 aliphatic carbocycles. The number of rotatable bonds is 7. The van der Waals surface area contributed by atoms with Gasteiger partial charge in [0.15, 0.2) is 0 Å². The van der Waals surface area contributed by atoms with Crippen molar-refractivity contribution in [3.63, 3.8) is 0 Å². The maximum atomic E-state index is 12.0. The molecule has 0 bridgehead atoms. The van der Waals surface area contributed by atoms with E-state index < -0.39 is 0 Å². The highest BCUT2D eigenvalue weighted by atomic mass is 16.2. The fraction of sp³-hybridized carbons (Fsp3) is 0.278. The number of carbonyl (C=O) groups is 1. The molecule has 3 heteroatoms. The fourth-order valence-corrected chi connectivity index (χ4v) is 2.15. The third-order valence-electron chi connectivity index (χ3n) is 3.40. The summed E-state index contributed by atoms with van der Waals surface area (Å²) in [6, 6.07) is 20.3. The van der Waals surface area contributed by atoms with Crippen LogP contribution in [-0.2, 0) is 17.8 Å². The maximum absolute atomic E-state index is 12.0. The smallest absolute Gasteiger partial charge is 0.236 e. The first-order chi connectivity index (χ1) is 10.3. The molecule has 0 unspecified atom stereocenters. The van der Waals surface area contributed by atoms with E-state index in [1.54, 1.807) is 4.90 Å². The van der Waals surface area contributed by atoms with Crippen molar-refractivity contribution in [1.29, 1.82) is 0 Å². The van der Waals surface area contributed by atoms with Gasteiger partial charge >= 0.3 is 0 Å². The summed E-state index contributed by atoms with van der Waals surface area (Å²) in [5.41, 5.74) is 2.44. The molecule has 0 atom stereocenters. The molecule has 0 spiro atoms. The average Bonchev–Trinajstić information content (AvgIpc) is 2.53. The molecule has 0 aliphatic rings. The third kappa shape index (κ3) is 5.40. The summed E-state index contributed by atoms with van der Waals surface area (Å²) in [6.07, 6.45) is 0.941. The summed E-state index contributed by atoms with van der Waals surface area (Å²) < 4.78 is 0. The predicted molar refractivity (Wildman–Crippen MR) is 85.9 cm³/mol. The van der Waals surface area contributed by atoms with Gasteiger partial charge in [0.2, 0.25) is 5.91 Å². The Morgan fingerprint density at radius 2 is 1.52 bits per heavy atom. The van der Waals surface area contributed by atoms with E-state index in [0.717, 1.165) is 18.5 Å². The van der Waals surface area contributed by atoms with E-state index in [-0.39, 0.29) is 5.91 Å². The predicted octanol–water partition coefficient (Wildman–Crippen LogP) is 2.48. The minimum Gasteiger partial charge on any atom is -0.340 e. The second kappa shape index (κ2) is 8.22. The first-order valence-electron chi connectivity index (χ1n) is 7.28. The number of nitrogens with zero attached hydrogens (tertiary/aromatic N) is 1. The zero-order valence-electron chi connectivity index (χ0n) is 12.5. The zero-order chi connectivity index (χ0) is 14.9. The Bertz CT molecular complexity index is 540. The van der Waals surface area contributed by atoms with Gasteiger partial charge in [-0.2, -0.15) is 0 Å². The molecule has 0 saturated heterocycles. The van der Waals surface area contributed by atoms with E-state index >= 15 is 0 Å². The van der Waals surface area contributed by atoms with Crippen LogP contribution in [0.4, 0.5) is 0 Å². The van der Waals surface area contributed by atoms with Crippen LogP contribution in [0.5, 0.6) is 0 Å². The molecule has 0 fully saturated rings. The van der Waals surface area contributed by atoms with Crippen LogP contribution in [0.1, 0.15) is 11.1 Å². The Labute approximate surface area is 126 Å². The summed E-state index contributed by atoms with van der Waals surface area (Å²) in [6.45, 7) is 1.85. The quantitative estimate of drug-likeness (QED) is 0.791. The lowest BCUT2D eigenvalue weighted by Gasteiger charge is -2.17. The third-order valence-corrected chi connectivity index (χ3v) is 3.40. The van der Waals surface area contributed by atoms with Crippen molar-refractivity contribution in [3.8, 4) is 0 Å². The molecular weight excluding hydrogens is 260 g/mol. The molecule has 110 valence electrons. The highest BCUT2D eigenvalue weighted by Crippen LogP contribution is 2.02. The molecule has 21 heavy (non-hydrogen) atoms. The largest absolute Gasteiger partial charge is 0.340 e. The zero-order valence-corrected chi connectivity index (χ0v) is 12.5. The second-order valence-electron chi connectivity index (χ2n) is 5.15. The molecule has 0 saturated carbocycles. The van der Waals surface area contributed by atoms with Crippen LogP contribution >= 0.6 is 0 Å². The van der Waals surface area contributed by atoms with E-state index in [1.165, 1.54) is 5.56 Å². The molecule has 2 aromatic rings. The number of carbonyl (C=O) groups excluding carboxylic acids is 1. The monoisotopic (exact) mass is 282 g/mol. The van der Waals surface area contributed by atoms with Gasteiger partial charge in [0.25, 0.3) is 0 Å². The molecule has 3 nitrogen and oxygen atoms in total. The van der Waals surface area contributed by atoms with Crippen molar-refractivity contribution < 1.29 is 4.79 Å². The SMILES string of the molecule is CN(Cc1ccccc1)C(=O)CNCCc1ccccc1. The van der Waals surface area contributed by atoms with Crippen LogP contribution in [0.2, 0.25) is 0 Å². The van der Waals surface area contributed by atoms with Crippen molar-refractivity contribution in [3.05, 3.63) is 71.8 Å². The Hall–Kier alpha value is -2.13. The van der Waals surface area contributed by atoms with Gasteiger partial charge in [0, 0.05) is 13.6 Å². The summed E-state index contributed by atoms with van der Waals surface area (Å²) in [5, 5.41) is 3.21. The van der Waals surface area contributed by atoms with Crippen LogP contribution in [0.25, 0.3) is 0 Å². The molecule has 2 aromatic carbocycles.